The smallest absolute Gasteiger partial charge is 0.142 e. The van der Waals surface area contributed by atoms with Crippen molar-refractivity contribution in [2.45, 2.75) is 101 Å². The summed E-state index contributed by atoms with van der Waals surface area (Å²) in [6.07, 6.45) is 10.6. The Balaban J connectivity index is 1.54. The van der Waals surface area contributed by atoms with Crippen LogP contribution in [0.5, 0.6) is 0 Å². The number of rotatable bonds is 10. The lowest BCUT2D eigenvalue weighted by molar-refractivity contribution is -0.0519. The number of nitrogens with one attached hydrogen (secondary N) is 2. The normalized spacial score (nSPS) is 22.2. The molecule has 2 heterocycles. The number of H-pyrrole nitrogens is 1. The lowest BCUT2D eigenvalue weighted by atomic mass is 9.91. The van der Waals surface area contributed by atoms with Crippen molar-refractivity contribution < 1.29 is 20.4 Å². The van der Waals surface area contributed by atoms with E-state index in [1.54, 1.807) is 0 Å². The number of aliphatic hydroxyl groups is 4. The van der Waals surface area contributed by atoms with Gasteiger partial charge in [0.05, 0.1) is 36.3 Å². The minimum Gasteiger partial charge on any atom is -0.394 e. The second-order valence-corrected chi connectivity index (χ2v) is 9.72. The molecule has 2 aliphatic carbocycles. The van der Waals surface area contributed by atoms with Crippen molar-refractivity contribution in [2.24, 2.45) is 0 Å². The first-order chi connectivity index (χ1) is 16.1. The van der Waals surface area contributed by atoms with Gasteiger partial charge >= 0.3 is 0 Å². The van der Waals surface area contributed by atoms with Gasteiger partial charge in [-0.05, 0) is 31.7 Å². The van der Waals surface area contributed by atoms with E-state index < -0.39 is 31.0 Å². The van der Waals surface area contributed by atoms with E-state index in [9.17, 15) is 20.4 Å². The van der Waals surface area contributed by atoms with Gasteiger partial charge in [-0.1, -0.05) is 38.5 Å². The molecule has 4 unspecified atom stereocenters. The molecular formula is C24H39N5O4. The quantitative estimate of drug-likeness (QED) is 0.313. The molecule has 2 aromatic heterocycles. The van der Waals surface area contributed by atoms with Crippen molar-refractivity contribution in [2.75, 3.05) is 18.1 Å². The molecule has 0 radical (unpaired) electrons. The van der Waals surface area contributed by atoms with Crippen LogP contribution in [0.2, 0.25) is 0 Å². The summed E-state index contributed by atoms with van der Waals surface area (Å²) in [5.74, 6) is 0.749. The summed E-state index contributed by atoms with van der Waals surface area (Å²) in [7, 11) is 0. The molecule has 4 atom stereocenters. The first-order valence-electron chi connectivity index (χ1n) is 12.5. The zero-order chi connectivity index (χ0) is 23.2. The number of hydrogen-bond donors (Lipinski definition) is 6. The standard InChI is InChI=1S/C24H39N5O4/c30-14-20(32)21(28-16-7-3-1-4-8-16)22(33)19(31)13-29(17-9-5-2-6-10-17)24-18-11-12-25-23(18)26-15-27-24/h11-12,15-17,19-22,28,30-33H,1-10,13-14H2,(H,25,26,27). The molecule has 2 saturated carbocycles. The highest BCUT2D eigenvalue weighted by molar-refractivity contribution is 5.87. The van der Waals surface area contributed by atoms with Crippen LogP contribution < -0.4 is 10.2 Å². The highest BCUT2D eigenvalue weighted by Gasteiger charge is 2.36. The van der Waals surface area contributed by atoms with Gasteiger partial charge in [-0.15, -0.1) is 0 Å². The van der Waals surface area contributed by atoms with Crippen molar-refractivity contribution in [3.05, 3.63) is 18.6 Å². The molecule has 0 spiro atoms. The van der Waals surface area contributed by atoms with Crippen molar-refractivity contribution in [1.29, 1.82) is 0 Å². The van der Waals surface area contributed by atoms with Crippen molar-refractivity contribution in [3.63, 3.8) is 0 Å². The number of nitrogens with zero attached hydrogens (tertiary/aromatic N) is 3. The third-order valence-electron chi connectivity index (χ3n) is 7.40. The van der Waals surface area contributed by atoms with E-state index >= 15 is 0 Å². The molecule has 33 heavy (non-hydrogen) atoms. The fraction of sp³-hybridized carbons (Fsp3) is 0.750. The monoisotopic (exact) mass is 461 g/mol. The van der Waals surface area contributed by atoms with E-state index in [-0.39, 0.29) is 18.6 Å². The molecule has 0 aromatic carbocycles. The Hall–Kier alpha value is -1.78. The van der Waals surface area contributed by atoms with Crippen LogP contribution in [-0.2, 0) is 0 Å². The molecule has 2 fully saturated rings. The summed E-state index contributed by atoms with van der Waals surface area (Å²) in [6.45, 7) is -0.291. The molecule has 184 valence electrons. The first kappa shape index (κ1) is 24.3. The Labute approximate surface area is 195 Å². The maximum atomic E-state index is 11.2. The fourth-order valence-corrected chi connectivity index (χ4v) is 5.53. The lowest BCUT2D eigenvalue weighted by Gasteiger charge is -2.40. The predicted octanol–water partition coefficient (Wildman–Crippen LogP) is 1.46. The van der Waals surface area contributed by atoms with Crippen LogP contribution >= 0.6 is 0 Å². The first-order valence-corrected chi connectivity index (χ1v) is 12.5. The second kappa shape index (κ2) is 11.6. The number of anilines is 1. The van der Waals surface area contributed by atoms with Crippen LogP contribution in [0.3, 0.4) is 0 Å². The van der Waals surface area contributed by atoms with Gasteiger partial charge in [0.2, 0.25) is 0 Å². The minimum absolute atomic E-state index is 0.169. The van der Waals surface area contributed by atoms with Crippen LogP contribution in [-0.4, -0.2) is 85.0 Å². The fourth-order valence-electron chi connectivity index (χ4n) is 5.53. The summed E-state index contributed by atoms with van der Waals surface area (Å²) < 4.78 is 0. The van der Waals surface area contributed by atoms with E-state index in [0.29, 0.717) is 0 Å². The van der Waals surface area contributed by atoms with Crippen LogP contribution in [0, 0.1) is 0 Å². The average molecular weight is 462 g/mol. The van der Waals surface area contributed by atoms with E-state index in [2.05, 4.69) is 25.2 Å². The van der Waals surface area contributed by atoms with Crippen LogP contribution in [0.4, 0.5) is 5.82 Å². The molecule has 0 amide bonds. The number of fused-ring (bicyclic) bond motifs is 1. The highest BCUT2D eigenvalue weighted by Crippen LogP contribution is 2.31. The Morgan fingerprint density at radius 1 is 0.970 bits per heavy atom. The molecule has 9 nitrogen and oxygen atoms in total. The van der Waals surface area contributed by atoms with Gasteiger partial charge < -0.3 is 35.6 Å². The van der Waals surface area contributed by atoms with Crippen molar-refractivity contribution in [3.8, 4) is 0 Å². The zero-order valence-electron chi connectivity index (χ0n) is 19.3. The summed E-state index contributed by atoms with van der Waals surface area (Å²) in [5.41, 5.74) is 0.739. The van der Waals surface area contributed by atoms with Gasteiger partial charge in [0.15, 0.2) is 0 Å². The van der Waals surface area contributed by atoms with Gasteiger partial charge in [-0.25, -0.2) is 9.97 Å². The third-order valence-corrected chi connectivity index (χ3v) is 7.40. The maximum absolute atomic E-state index is 11.2. The topological polar surface area (TPSA) is 138 Å². The van der Waals surface area contributed by atoms with Gasteiger partial charge in [0.1, 0.15) is 17.8 Å². The summed E-state index contributed by atoms with van der Waals surface area (Å²) in [5, 5.41) is 46.6. The Bertz CT molecular complexity index is 852. The molecular weight excluding hydrogens is 422 g/mol. The lowest BCUT2D eigenvalue weighted by Crippen LogP contribution is -2.59. The predicted molar refractivity (Wildman–Crippen MR) is 127 cm³/mol. The molecule has 0 aliphatic heterocycles. The molecule has 2 aliphatic rings. The highest BCUT2D eigenvalue weighted by atomic mass is 16.3. The van der Waals surface area contributed by atoms with Crippen molar-refractivity contribution >= 4 is 16.9 Å². The minimum atomic E-state index is -1.23. The summed E-state index contributed by atoms with van der Waals surface area (Å²) >= 11 is 0. The third kappa shape index (κ3) is 5.84. The van der Waals surface area contributed by atoms with E-state index in [4.69, 9.17) is 0 Å². The van der Waals surface area contributed by atoms with Gasteiger partial charge in [0.25, 0.3) is 0 Å². The number of hydrogen-bond acceptors (Lipinski definition) is 8. The molecule has 9 heteroatoms. The number of aromatic amines is 1. The Kier molecular flexibility index (Phi) is 8.54. The Morgan fingerprint density at radius 2 is 1.67 bits per heavy atom. The average Bonchev–Trinajstić information content (AvgIpc) is 3.35. The summed E-state index contributed by atoms with van der Waals surface area (Å²) in [4.78, 5) is 14.1. The molecule has 0 bridgehead atoms. The number of aromatic nitrogens is 3. The van der Waals surface area contributed by atoms with Gasteiger partial charge in [0, 0.05) is 24.8 Å². The van der Waals surface area contributed by atoms with Gasteiger partial charge in [-0.2, -0.15) is 0 Å². The van der Waals surface area contributed by atoms with Crippen LogP contribution in [0.25, 0.3) is 11.0 Å². The molecule has 4 rings (SSSR count). The second-order valence-electron chi connectivity index (χ2n) is 9.72. The van der Waals surface area contributed by atoms with E-state index in [1.165, 1.54) is 19.2 Å². The van der Waals surface area contributed by atoms with Crippen LogP contribution in [0.15, 0.2) is 18.6 Å². The molecule has 2 aromatic rings. The van der Waals surface area contributed by atoms with E-state index in [0.717, 1.165) is 68.2 Å². The van der Waals surface area contributed by atoms with E-state index in [1.807, 2.05) is 12.3 Å². The summed E-state index contributed by atoms with van der Waals surface area (Å²) in [6, 6.07) is 1.51. The number of aliphatic hydroxyl groups excluding tert-OH is 4. The van der Waals surface area contributed by atoms with Crippen molar-refractivity contribution in [1.82, 2.24) is 20.3 Å². The Morgan fingerprint density at radius 3 is 2.36 bits per heavy atom. The van der Waals surface area contributed by atoms with Gasteiger partial charge in [-0.3, -0.25) is 0 Å². The largest absolute Gasteiger partial charge is 0.394 e. The SMILES string of the molecule is OCC(O)C(NC1CCCCC1)C(O)C(O)CN(c1ncnc2[nH]ccc12)C1CCCCC1. The maximum Gasteiger partial charge on any atom is 0.142 e. The van der Waals surface area contributed by atoms with Crippen LogP contribution in [0.1, 0.15) is 64.2 Å². The zero-order valence-corrected chi connectivity index (χ0v) is 19.3. The molecule has 0 saturated heterocycles. The molecule has 6 N–H and O–H groups in total.